The maximum Gasteiger partial charge on any atom is 0.250 e. The van der Waals surface area contributed by atoms with Gasteiger partial charge < -0.3 is 15.5 Å². The summed E-state index contributed by atoms with van der Waals surface area (Å²) in [4.78, 5) is 44.4. The van der Waals surface area contributed by atoms with Crippen molar-refractivity contribution in [1.29, 1.82) is 0 Å². The van der Waals surface area contributed by atoms with Crippen LogP contribution in [-0.4, -0.2) is 58.7 Å². The Kier molecular flexibility index (Phi) is 4.98. The third kappa shape index (κ3) is 3.56. The summed E-state index contributed by atoms with van der Waals surface area (Å²) in [6.45, 7) is 2.03. The Hall–Kier alpha value is -2.96. The van der Waals surface area contributed by atoms with Crippen molar-refractivity contribution in [3.63, 3.8) is 0 Å². The lowest BCUT2D eigenvalue weighted by atomic mass is 9.89. The molecular formula is C21H24N4O3. The van der Waals surface area contributed by atoms with Gasteiger partial charge in [0.2, 0.25) is 11.8 Å². The molecule has 2 aliphatic rings. The molecule has 0 aliphatic carbocycles. The molecule has 0 radical (unpaired) electrons. The number of carbonyl (C=O) groups excluding carboxylic acids is 3. The second-order valence-corrected chi connectivity index (χ2v) is 7.55. The van der Waals surface area contributed by atoms with Crippen LogP contribution in [0.5, 0.6) is 0 Å². The zero-order valence-corrected chi connectivity index (χ0v) is 15.8. The van der Waals surface area contributed by atoms with Crippen molar-refractivity contribution < 1.29 is 14.4 Å². The number of carbonyl (C=O) groups is 3. The van der Waals surface area contributed by atoms with Gasteiger partial charge in [-0.1, -0.05) is 18.2 Å². The Morgan fingerprint density at radius 2 is 1.89 bits per heavy atom. The van der Waals surface area contributed by atoms with Crippen LogP contribution in [0.25, 0.3) is 10.9 Å². The van der Waals surface area contributed by atoms with Gasteiger partial charge in [0.15, 0.2) is 0 Å². The maximum atomic E-state index is 12.5. The molecule has 4 rings (SSSR count). The molecular weight excluding hydrogens is 356 g/mol. The van der Waals surface area contributed by atoms with Crippen molar-refractivity contribution in [3.05, 3.63) is 41.6 Å². The molecule has 3 heterocycles. The van der Waals surface area contributed by atoms with E-state index in [9.17, 15) is 14.4 Å². The second-order valence-electron chi connectivity index (χ2n) is 7.55. The number of hydrogen-bond donors (Lipinski definition) is 1. The molecule has 2 saturated heterocycles. The summed E-state index contributed by atoms with van der Waals surface area (Å²) in [6, 6.07) is 9.49. The number of amides is 3. The van der Waals surface area contributed by atoms with E-state index in [0.29, 0.717) is 31.6 Å². The SMILES string of the molecule is NC(=O)c1cc2ccccc2nc1C1CCN(C(=O)CN2CCCC2=O)CC1. The maximum absolute atomic E-state index is 12.5. The molecule has 0 spiro atoms. The van der Waals surface area contributed by atoms with Crippen molar-refractivity contribution in [2.45, 2.75) is 31.6 Å². The molecule has 0 saturated carbocycles. The van der Waals surface area contributed by atoms with Crippen LogP contribution < -0.4 is 5.73 Å². The average molecular weight is 380 g/mol. The van der Waals surface area contributed by atoms with Crippen molar-refractivity contribution in [2.75, 3.05) is 26.2 Å². The zero-order valence-electron chi connectivity index (χ0n) is 15.8. The van der Waals surface area contributed by atoms with Gasteiger partial charge in [0, 0.05) is 37.4 Å². The standard InChI is InChI=1S/C21H24N4O3/c22-21(28)16-12-15-4-1-2-5-17(15)23-20(16)14-7-10-24(11-8-14)19(27)13-25-9-3-6-18(25)26/h1-2,4-5,12,14H,3,6-11,13H2,(H2,22,28). The Labute approximate surface area is 163 Å². The number of primary amides is 1. The third-order valence-corrected chi connectivity index (χ3v) is 5.75. The Morgan fingerprint density at radius 3 is 2.57 bits per heavy atom. The Morgan fingerprint density at radius 1 is 1.14 bits per heavy atom. The summed E-state index contributed by atoms with van der Waals surface area (Å²) in [7, 11) is 0. The molecule has 1 aromatic heterocycles. The minimum atomic E-state index is -0.473. The van der Waals surface area contributed by atoms with Gasteiger partial charge in [-0.25, -0.2) is 0 Å². The first kappa shape index (κ1) is 18.4. The van der Waals surface area contributed by atoms with Gasteiger partial charge >= 0.3 is 0 Å². The van der Waals surface area contributed by atoms with Crippen molar-refractivity contribution in [1.82, 2.24) is 14.8 Å². The highest BCUT2D eigenvalue weighted by molar-refractivity contribution is 5.97. The van der Waals surface area contributed by atoms with E-state index in [1.807, 2.05) is 35.2 Å². The fourth-order valence-corrected chi connectivity index (χ4v) is 4.18. The number of hydrogen-bond acceptors (Lipinski definition) is 4. The largest absolute Gasteiger partial charge is 0.366 e. The fraction of sp³-hybridized carbons (Fsp3) is 0.429. The molecule has 2 aromatic rings. The molecule has 1 aromatic carbocycles. The Bertz CT molecular complexity index is 934. The topological polar surface area (TPSA) is 96.6 Å². The fourth-order valence-electron chi connectivity index (χ4n) is 4.18. The highest BCUT2D eigenvalue weighted by Crippen LogP contribution is 2.31. The van der Waals surface area contributed by atoms with Crippen molar-refractivity contribution in [2.24, 2.45) is 5.73 Å². The lowest BCUT2D eigenvalue weighted by molar-refractivity contribution is -0.139. The van der Waals surface area contributed by atoms with E-state index < -0.39 is 5.91 Å². The van der Waals surface area contributed by atoms with Crippen LogP contribution >= 0.6 is 0 Å². The minimum absolute atomic E-state index is 0.00436. The number of likely N-dealkylation sites (tertiary alicyclic amines) is 2. The number of nitrogens with two attached hydrogens (primary N) is 1. The first-order valence-corrected chi connectivity index (χ1v) is 9.78. The highest BCUT2D eigenvalue weighted by Gasteiger charge is 2.30. The highest BCUT2D eigenvalue weighted by atomic mass is 16.2. The summed E-state index contributed by atoms with van der Waals surface area (Å²) in [5, 5.41) is 0.892. The zero-order chi connectivity index (χ0) is 19.7. The van der Waals surface area contributed by atoms with Crippen molar-refractivity contribution >= 4 is 28.6 Å². The van der Waals surface area contributed by atoms with Gasteiger partial charge in [0.05, 0.1) is 23.3 Å². The van der Waals surface area contributed by atoms with Crippen LogP contribution in [0.3, 0.4) is 0 Å². The quantitative estimate of drug-likeness (QED) is 0.872. The molecule has 146 valence electrons. The molecule has 2 N–H and O–H groups in total. The van der Waals surface area contributed by atoms with E-state index in [4.69, 9.17) is 10.7 Å². The lowest BCUT2D eigenvalue weighted by Crippen LogP contribution is -2.44. The number of para-hydroxylation sites is 1. The molecule has 2 aliphatic heterocycles. The number of rotatable bonds is 4. The molecule has 3 amide bonds. The number of pyridine rings is 1. The molecule has 0 atom stereocenters. The minimum Gasteiger partial charge on any atom is -0.366 e. The van der Waals surface area contributed by atoms with Crippen LogP contribution in [-0.2, 0) is 9.59 Å². The summed E-state index contributed by atoms with van der Waals surface area (Å²) in [5.41, 5.74) is 7.65. The van der Waals surface area contributed by atoms with Crippen molar-refractivity contribution in [3.8, 4) is 0 Å². The predicted molar refractivity (Wildman–Crippen MR) is 105 cm³/mol. The van der Waals surface area contributed by atoms with E-state index >= 15 is 0 Å². The molecule has 7 nitrogen and oxygen atoms in total. The summed E-state index contributed by atoms with van der Waals surface area (Å²) in [6.07, 6.45) is 2.83. The van der Waals surface area contributed by atoms with E-state index in [-0.39, 0.29) is 24.3 Å². The average Bonchev–Trinajstić information content (AvgIpc) is 3.11. The summed E-state index contributed by atoms with van der Waals surface area (Å²) in [5.74, 6) is -0.325. The summed E-state index contributed by atoms with van der Waals surface area (Å²) < 4.78 is 0. The van der Waals surface area contributed by atoms with Gasteiger partial charge in [-0.05, 0) is 31.4 Å². The van der Waals surface area contributed by atoms with E-state index in [1.54, 1.807) is 4.90 Å². The van der Waals surface area contributed by atoms with Crippen LogP contribution in [0, 0.1) is 0 Å². The van der Waals surface area contributed by atoms with Gasteiger partial charge in [-0.2, -0.15) is 0 Å². The molecule has 0 unspecified atom stereocenters. The van der Waals surface area contributed by atoms with E-state index in [1.165, 1.54) is 0 Å². The second kappa shape index (κ2) is 7.58. The van der Waals surface area contributed by atoms with Gasteiger partial charge in [0.1, 0.15) is 0 Å². The monoisotopic (exact) mass is 380 g/mol. The van der Waals surface area contributed by atoms with Crippen LogP contribution in [0.2, 0.25) is 0 Å². The van der Waals surface area contributed by atoms with Gasteiger partial charge in [0.25, 0.3) is 5.91 Å². The first-order chi connectivity index (χ1) is 13.5. The number of fused-ring (bicyclic) bond motifs is 1. The van der Waals surface area contributed by atoms with Gasteiger partial charge in [-0.15, -0.1) is 0 Å². The number of benzene rings is 1. The third-order valence-electron chi connectivity index (χ3n) is 5.75. The molecule has 7 heteroatoms. The predicted octanol–water partition coefficient (Wildman–Crippen LogP) is 1.66. The van der Waals surface area contributed by atoms with E-state index in [2.05, 4.69) is 0 Å². The van der Waals surface area contributed by atoms with Crippen LogP contribution in [0.4, 0.5) is 0 Å². The molecule has 0 bridgehead atoms. The number of piperidine rings is 1. The first-order valence-electron chi connectivity index (χ1n) is 9.78. The normalized spacial score (nSPS) is 18.1. The lowest BCUT2D eigenvalue weighted by Gasteiger charge is -2.33. The number of aromatic nitrogens is 1. The Balaban J connectivity index is 1.47. The smallest absolute Gasteiger partial charge is 0.250 e. The van der Waals surface area contributed by atoms with Crippen LogP contribution in [0.1, 0.15) is 47.7 Å². The molecule has 28 heavy (non-hydrogen) atoms. The van der Waals surface area contributed by atoms with E-state index in [0.717, 1.165) is 35.9 Å². The van der Waals surface area contributed by atoms with Crippen LogP contribution in [0.15, 0.2) is 30.3 Å². The summed E-state index contributed by atoms with van der Waals surface area (Å²) >= 11 is 0. The molecule has 2 fully saturated rings. The number of nitrogens with zero attached hydrogens (tertiary/aromatic N) is 3. The van der Waals surface area contributed by atoms with Gasteiger partial charge in [-0.3, -0.25) is 19.4 Å².